The molecule has 0 aliphatic heterocycles. The Labute approximate surface area is 414 Å². The summed E-state index contributed by atoms with van der Waals surface area (Å²) in [7, 11) is 0. The van der Waals surface area contributed by atoms with Crippen LogP contribution in [0.25, 0.3) is 0 Å². The number of allylic oxidation sites excluding steroid dienone is 14. The zero-order valence-corrected chi connectivity index (χ0v) is 43.9. The predicted octanol–water partition coefficient (Wildman–Crippen LogP) is 18.8. The lowest BCUT2D eigenvalue weighted by molar-refractivity contribution is -0.166. The highest BCUT2D eigenvalue weighted by Crippen LogP contribution is 2.15. The Kier molecular flexibility index (Phi) is 52.4. The summed E-state index contributed by atoms with van der Waals surface area (Å²) in [6.07, 6.45) is 71.5. The zero-order chi connectivity index (χ0) is 48.6. The first kappa shape index (κ1) is 63.6. The van der Waals surface area contributed by atoms with Gasteiger partial charge >= 0.3 is 17.9 Å². The van der Waals surface area contributed by atoms with Crippen LogP contribution in [0.4, 0.5) is 0 Å². The molecule has 0 aliphatic rings. The summed E-state index contributed by atoms with van der Waals surface area (Å²) >= 11 is 0. The van der Waals surface area contributed by atoms with Crippen molar-refractivity contribution in [3.8, 4) is 0 Å². The molecule has 6 nitrogen and oxygen atoms in total. The third kappa shape index (κ3) is 53.4. The molecule has 0 aromatic carbocycles. The Balaban J connectivity index is 4.49. The lowest BCUT2D eigenvalue weighted by atomic mass is 10.0. The molecule has 0 rings (SSSR count). The highest BCUT2D eigenvalue weighted by atomic mass is 16.6. The Hall–Kier alpha value is -3.41. The number of rotatable bonds is 50. The first-order chi connectivity index (χ1) is 33.0. The first-order valence-corrected chi connectivity index (χ1v) is 28.1. The average Bonchev–Trinajstić information content (AvgIpc) is 3.33. The SMILES string of the molecule is CC/C=C\C/C=C\C/C=C\C/C=C\C/C=C\C/C=C\CCC(=O)O[C@H](COC(=O)CCCCCCC/C=C\CCCCCC)COC(=O)CCCCCCCCCCCCCCCCCCC. The van der Waals surface area contributed by atoms with Crippen LogP contribution in [0.15, 0.2) is 85.1 Å². The molecule has 0 spiro atoms. The maximum absolute atomic E-state index is 12.8. The number of hydrogen-bond donors (Lipinski definition) is 0. The topological polar surface area (TPSA) is 78.9 Å². The van der Waals surface area contributed by atoms with Crippen molar-refractivity contribution in [1.29, 1.82) is 0 Å². The highest BCUT2D eigenvalue weighted by Gasteiger charge is 2.19. The molecule has 0 fully saturated rings. The minimum absolute atomic E-state index is 0.107. The number of unbranched alkanes of at least 4 members (excludes halogenated alkanes) is 25. The molecule has 0 radical (unpaired) electrons. The fraction of sp³-hybridized carbons (Fsp3) is 0.721. The van der Waals surface area contributed by atoms with Gasteiger partial charge in [0.15, 0.2) is 6.10 Å². The van der Waals surface area contributed by atoms with Gasteiger partial charge in [0, 0.05) is 19.3 Å². The number of ether oxygens (including phenoxy) is 3. The van der Waals surface area contributed by atoms with Crippen LogP contribution in [0, 0.1) is 0 Å². The number of carbonyl (C=O) groups excluding carboxylic acids is 3. The molecule has 0 heterocycles. The van der Waals surface area contributed by atoms with Crippen molar-refractivity contribution in [2.45, 2.75) is 271 Å². The molecule has 67 heavy (non-hydrogen) atoms. The van der Waals surface area contributed by atoms with E-state index in [-0.39, 0.29) is 31.6 Å². The van der Waals surface area contributed by atoms with Crippen molar-refractivity contribution >= 4 is 17.9 Å². The molecule has 0 aromatic rings. The van der Waals surface area contributed by atoms with Gasteiger partial charge in [-0.1, -0.05) is 247 Å². The monoisotopic (exact) mass is 933 g/mol. The van der Waals surface area contributed by atoms with E-state index in [1.165, 1.54) is 128 Å². The summed E-state index contributed by atoms with van der Waals surface area (Å²) in [5, 5.41) is 0. The second-order valence-electron chi connectivity index (χ2n) is 18.5. The van der Waals surface area contributed by atoms with E-state index in [9.17, 15) is 14.4 Å². The van der Waals surface area contributed by atoms with Crippen LogP contribution in [0.3, 0.4) is 0 Å². The van der Waals surface area contributed by atoms with Crippen molar-refractivity contribution in [2.24, 2.45) is 0 Å². The number of carbonyl (C=O) groups is 3. The van der Waals surface area contributed by atoms with Gasteiger partial charge in [-0.3, -0.25) is 14.4 Å². The summed E-state index contributed by atoms with van der Waals surface area (Å²) in [4.78, 5) is 38.1. The molecule has 1 atom stereocenters. The smallest absolute Gasteiger partial charge is 0.306 e. The molecule has 384 valence electrons. The third-order valence-corrected chi connectivity index (χ3v) is 11.9. The third-order valence-electron chi connectivity index (χ3n) is 11.9. The largest absolute Gasteiger partial charge is 0.462 e. The second kappa shape index (κ2) is 55.2. The Bertz CT molecular complexity index is 1300. The van der Waals surface area contributed by atoms with Gasteiger partial charge in [0.05, 0.1) is 0 Å². The lowest BCUT2D eigenvalue weighted by Crippen LogP contribution is -2.30. The Morgan fingerprint density at radius 1 is 0.313 bits per heavy atom. The molecule has 0 unspecified atom stereocenters. The molecule has 0 bridgehead atoms. The van der Waals surface area contributed by atoms with E-state index < -0.39 is 12.1 Å². The minimum Gasteiger partial charge on any atom is -0.462 e. The Morgan fingerprint density at radius 3 is 0.985 bits per heavy atom. The zero-order valence-electron chi connectivity index (χ0n) is 43.9. The van der Waals surface area contributed by atoms with Crippen LogP contribution in [0.1, 0.15) is 265 Å². The molecule has 0 aliphatic carbocycles. The van der Waals surface area contributed by atoms with Crippen molar-refractivity contribution in [3.63, 3.8) is 0 Å². The van der Waals surface area contributed by atoms with Gasteiger partial charge in [-0.2, -0.15) is 0 Å². The fourth-order valence-electron chi connectivity index (χ4n) is 7.70. The summed E-state index contributed by atoms with van der Waals surface area (Å²) in [5.74, 6) is -0.996. The average molecular weight is 933 g/mol. The van der Waals surface area contributed by atoms with Crippen LogP contribution < -0.4 is 0 Å². The van der Waals surface area contributed by atoms with Gasteiger partial charge in [0.25, 0.3) is 0 Å². The lowest BCUT2D eigenvalue weighted by Gasteiger charge is -2.18. The molecule has 0 saturated heterocycles. The van der Waals surface area contributed by atoms with E-state index in [0.717, 1.165) is 89.9 Å². The van der Waals surface area contributed by atoms with Crippen LogP contribution in [0.2, 0.25) is 0 Å². The van der Waals surface area contributed by atoms with E-state index >= 15 is 0 Å². The van der Waals surface area contributed by atoms with Gasteiger partial charge in [0.1, 0.15) is 13.2 Å². The van der Waals surface area contributed by atoms with Gasteiger partial charge in [-0.15, -0.1) is 0 Å². The van der Waals surface area contributed by atoms with Gasteiger partial charge < -0.3 is 14.2 Å². The first-order valence-electron chi connectivity index (χ1n) is 28.1. The fourth-order valence-corrected chi connectivity index (χ4v) is 7.70. The van der Waals surface area contributed by atoms with Gasteiger partial charge in [-0.25, -0.2) is 0 Å². The van der Waals surface area contributed by atoms with Crippen molar-refractivity contribution in [1.82, 2.24) is 0 Å². The van der Waals surface area contributed by atoms with E-state index in [4.69, 9.17) is 14.2 Å². The molecule has 0 aromatic heterocycles. The van der Waals surface area contributed by atoms with E-state index in [0.29, 0.717) is 19.3 Å². The molecular formula is C61H104O6. The molecule has 6 heteroatoms. The minimum atomic E-state index is -0.819. The van der Waals surface area contributed by atoms with Crippen LogP contribution in [0.5, 0.6) is 0 Å². The Morgan fingerprint density at radius 2 is 0.612 bits per heavy atom. The molecule has 0 N–H and O–H groups in total. The van der Waals surface area contributed by atoms with E-state index in [1.54, 1.807) is 0 Å². The van der Waals surface area contributed by atoms with Crippen molar-refractivity contribution in [3.05, 3.63) is 85.1 Å². The van der Waals surface area contributed by atoms with E-state index in [2.05, 4.69) is 99.8 Å². The summed E-state index contributed by atoms with van der Waals surface area (Å²) in [6.45, 7) is 6.46. The van der Waals surface area contributed by atoms with Crippen LogP contribution in [-0.2, 0) is 28.6 Å². The number of esters is 3. The summed E-state index contributed by atoms with van der Waals surface area (Å²) in [6, 6.07) is 0. The maximum atomic E-state index is 12.8. The van der Waals surface area contributed by atoms with Crippen molar-refractivity contribution in [2.75, 3.05) is 13.2 Å². The molecule has 0 saturated carbocycles. The van der Waals surface area contributed by atoms with Crippen molar-refractivity contribution < 1.29 is 28.6 Å². The number of hydrogen-bond acceptors (Lipinski definition) is 6. The second-order valence-corrected chi connectivity index (χ2v) is 18.5. The molecular weight excluding hydrogens is 829 g/mol. The van der Waals surface area contributed by atoms with Crippen LogP contribution in [-0.4, -0.2) is 37.2 Å². The maximum Gasteiger partial charge on any atom is 0.306 e. The van der Waals surface area contributed by atoms with Gasteiger partial charge in [-0.05, 0) is 83.5 Å². The van der Waals surface area contributed by atoms with Gasteiger partial charge in [0.2, 0.25) is 0 Å². The van der Waals surface area contributed by atoms with E-state index in [1.807, 2.05) is 6.08 Å². The normalized spacial score (nSPS) is 12.7. The summed E-state index contributed by atoms with van der Waals surface area (Å²) in [5.41, 5.74) is 0. The van der Waals surface area contributed by atoms with Crippen LogP contribution >= 0.6 is 0 Å². The quantitative estimate of drug-likeness (QED) is 0.0262. The highest BCUT2D eigenvalue weighted by molar-refractivity contribution is 5.71. The predicted molar refractivity (Wildman–Crippen MR) is 288 cm³/mol. The standard InChI is InChI=1S/C61H104O6/c1-4-7-10-13-16-19-22-25-27-29-30-32-34-37-40-43-46-49-52-55-61(64)67-58(56-65-59(62)53-50-47-44-41-38-35-24-21-18-15-12-9-6-3)57-66-60(63)54-51-48-45-42-39-36-33-31-28-26-23-20-17-14-11-8-5-2/h7,10,16,19,21,24-25,27,30,32,37,40,46,49,58H,4-6,8-9,11-15,17-18,20,22-23,26,28-29,31,33-36,38-39,41-45,47-48,50-57H2,1-3H3/b10-7-,19-16-,24-21-,27-25-,32-30-,40-37-,49-46-/t58-/m1/s1. The molecule has 0 amide bonds. The summed E-state index contributed by atoms with van der Waals surface area (Å²) < 4.78 is 16.8.